The fourth-order valence-electron chi connectivity index (χ4n) is 2.02. The van der Waals surface area contributed by atoms with E-state index in [9.17, 15) is 4.79 Å². The molecule has 0 saturated heterocycles. The van der Waals surface area contributed by atoms with Crippen molar-refractivity contribution in [1.82, 2.24) is 9.97 Å². The van der Waals surface area contributed by atoms with E-state index in [1.54, 1.807) is 18.2 Å². The van der Waals surface area contributed by atoms with Gasteiger partial charge in [0.2, 0.25) is 0 Å². The van der Waals surface area contributed by atoms with Crippen LogP contribution < -0.4 is 5.43 Å². The molecule has 7 heteroatoms. The lowest BCUT2D eigenvalue weighted by molar-refractivity contribution is 0.0697. The number of hydrogen-bond acceptors (Lipinski definition) is 6. The highest BCUT2D eigenvalue weighted by molar-refractivity contribution is 7.18. The zero-order valence-corrected chi connectivity index (χ0v) is 12.5. The third-order valence-corrected chi connectivity index (χ3v) is 4.19. The molecule has 0 aliphatic rings. The predicted octanol–water partition coefficient (Wildman–Crippen LogP) is 3.14. The van der Waals surface area contributed by atoms with Crippen molar-refractivity contribution in [1.29, 1.82) is 0 Å². The van der Waals surface area contributed by atoms with Crippen LogP contribution in [0.25, 0.3) is 10.2 Å². The van der Waals surface area contributed by atoms with Gasteiger partial charge in [-0.1, -0.05) is 18.2 Å². The summed E-state index contributed by atoms with van der Waals surface area (Å²) in [6, 6.07) is 6.67. The molecule has 0 aliphatic heterocycles. The quantitative estimate of drug-likeness (QED) is 0.571. The van der Waals surface area contributed by atoms with Crippen molar-refractivity contribution < 1.29 is 9.90 Å². The van der Waals surface area contributed by atoms with Gasteiger partial charge in [0.25, 0.3) is 0 Å². The first kappa shape index (κ1) is 14.2. The van der Waals surface area contributed by atoms with E-state index in [0.29, 0.717) is 11.4 Å². The van der Waals surface area contributed by atoms with Gasteiger partial charge in [0.05, 0.1) is 22.0 Å². The molecule has 2 N–H and O–H groups in total. The number of benzene rings is 1. The van der Waals surface area contributed by atoms with Crippen molar-refractivity contribution >= 4 is 39.6 Å². The number of hydrazone groups is 1. The van der Waals surface area contributed by atoms with E-state index in [1.807, 2.05) is 12.3 Å². The minimum absolute atomic E-state index is 0.202. The van der Waals surface area contributed by atoms with Gasteiger partial charge in [-0.15, -0.1) is 11.3 Å². The molecule has 0 radical (unpaired) electrons. The van der Waals surface area contributed by atoms with E-state index in [4.69, 9.17) is 5.11 Å². The summed E-state index contributed by atoms with van der Waals surface area (Å²) in [5, 5.41) is 15.2. The van der Waals surface area contributed by atoms with Gasteiger partial charge in [-0.2, -0.15) is 5.10 Å². The molecule has 2 aromatic heterocycles. The van der Waals surface area contributed by atoms with Crippen LogP contribution in [0.4, 0.5) is 5.82 Å². The van der Waals surface area contributed by atoms with Crippen LogP contribution >= 0.6 is 11.3 Å². The SMILES string of the molecule is Cc1csc2c(NN=Cc3ccccc3C(=O)O)ncnc12. The van der Waals surface area contributed by atoms with Crippen LogP contribution in [-0.2, 0) is 0 Å². The van der Waals surface area contributed by atoms with Crippen LogP contribution in [0, 0.1) is 6.92 Å². The Kier molecular flexibility index (Phi) is 3.80. The van der Waals surface area contributed by atoms with E-state index < -0.39 is 5.97 Å². The van der Waals surface area contributed by atoms with Crippen LogP contribution in [0.3, 0.4) is 0 Å². The molecule has 1 aromatic carbocycles. The normalized spacial score (nSPS) is 11.1. The molecule has 2 heterocycles. The van der Waals surface area contributed by atoms with Crippen LogP contribution in [0.1, 0.15) is 21.5 Å². The van der Waals surface area contributed by atoms with Gasteiger partial charge in [-0.05, 0) is 23.9 Å². The Balaban J connectivity index is 1.87. The summed E-state index contributed by atoms with van der Waals surface area (Å²) in [5.41, 5.74) is 5.56. The molecule has 0 saturated carbocycles. The summed E-state index contributed by atoms with van der Waals surface area (Å²) >= 11 is 1.54. The van der Waals surface area contributed by atoms with Gasteiger partial charge < -0.3 is 5.11 Å². The lowest BCUT2D eigenvalue weighted by Crippen LogP contribution is -2.02. The van der Waals surface area contributed by atoms with Gasteiger partial charge in [0, 0.05) is 5.56 Å². The Morgan fingerprint density at radius 2 is 2.18 bits per heavy atom. The van der Waals surface area contributed by atoms with Crippen molar-refractivity contribution in [3.05, 3.63) is 52.7 Å². The second-order valence-electron chi connectivity index (χ2n) is 4.58. The number of hydrogen-bond donors (Lipinski definition) is 2. The fraction of sp³-hybridized carbons (Fsp3) is 0.0667. The number of thiophene rings is 1. The van der Waals surface area contributed by atoms with Crippen molar-refractivity contribution in [3.8, 4) is 0 Å². The summed E-state index contributed by atoms with van der Waals surface area (Å²) in [7, 11) is 0. The minimum Gasteiger partial charge on any atom is -0.478 e. The Labute approximate surface area is 130 Å². The summed E-state index contributed by atoms with van der Waals surface area (Å²) in [4.78, 5) is 19.5. The summed E-state index contributed by atoms with van der Waals surface area (Å²) in [5.74, 6) is -0.382. The van der Waals surface area contributed by atoms with Gasteiger partial charge in [0.15, 0.2) is 5.82 Å². The summed E-state index contributed by atoms with van der Waals surface area (Å²) in [6.07, 6.45) is 2.95. The van der Waals surface area contributed by atoms with E-state index in [0.717, 1.165) is 15.8 Å². The number of nitrogens with one attached hydrogen (secondary N) is 1. The van der Waals surface area contributed by atoms with Gasteiger partial charge in [-0.25, -0.2) is 14.8 Å². The maximum atomic E-state index is 11.1. The third-order valence-electron chi connectivity index (χ3n) is 3.10. The van der Waals surface area contributed by atoms with Crippen molar-refractivity contribution in [2.75, 3.05) is 5.43 Å². The zero-order chi connectivity index (χ0) is 15.5. The smallest absolute Gasteiger partial charge is 0.336 e. The van der Waals surface area contributed by atoms with Crippen molar-refractivity contribution in [3.63, 3.8) is 0 Å². The minimum atomic E-state index is -0.986. The summed E-state index contributed by atoms with van der Waals surface area (Å²) in [6.45, 7) is 1.99. The molecule has 3 rings (SSSR count). The molecule has 0 amide bonds. The number of nitrogens with zero attached hydrogens (tertiary/aromatic N) is 3. The Morgan fingerprint density at radius 3 is 3.00 bits per heavy atom. The van der Waals surface area contributed by atoms with Crippen LogP contribution in [0.2, 0.25) is 0 Å². The Bertz CT molecular complexity index is 873. The molecule has 3 aromatic rings. The lowest BCUT2D eigenvalue weighted by atomic mass is 10.1. The van der Waals surface area contributed by atoms with E-state index in [-0.39, 0.29) is 5.56 Å². The van der Waals surface area contributed by atoms with Crippen LogP contribution in [0.15, 0.2) is 41.1 Å². The van der Waals surface area contributed by atoms with E-state index >= 15 is 0 Å². The summed E-state index contributed by atoms with van der Waals surface area (Å²) < 4.78 is 0.920. The largest absolute Gasteiger partial charge is 0.478 e. The van der Waals surface area contributed by atoms with Gasteiger partial charge in [-0.3, -0.25) is 5.43 Å². The fourth-order valence-corrected chi connectivity index (χ4v) is 2.96. The first-order valence-corrected chi connectivity index (χ1v) is 7.35. The Morgan fingerprint density at radius 1 is 1.36 bits per heavy atom. The number of aromatic carboxylic acids is 1. The molecule has 0 aliphatic carbocycles. The van der Waals surface area contributed by atoms with Gasteiger partial charge >= 0.3 is 5.97 Å². The number of carboxylic acids is 1. The molecule has 0 atom stereocenters. The first-order chi connectivity index (χ1) is 10.7. The number of aryl methyl sites for hydroxylation is 1. The van der Waals surface area contributed by atoms with Crippen molar-refractivity contribution in [2.24, 2.45) is 5.10 Å². The Hall–Kier alpha value is -2.80. The zero-order valence-electron chi connectivity index (χ0n) is 11.6. The number of fused-ring (bicyclic) bond motifs is 1. The second kappa shape index (κ2) is 5.90. The number of rotatable bonds is 4. The monoisotopic (exact) mass is 312 g/mol. The molecule has 0 unspecified atom stereocenters. The van der Waals surface area contributed by atoms with Crippen molar-refractivity contribution in [2.45, 2.75) is 6.92 Å². The molecular formula is C15H12N4O2S. The van der Waals surface area contributed by atoms with E-state index in [2.05, 4.69) is 20.5 Å². The van der Waals surface area contributed by atoms with Gasteiger partial charge in [0.1, 0.15) is 6.33 Å². The highest BCUT2D eigenvalue weighted by Gasteiger charge is 2.08. The number of anilines is 1. The molecule has 22 heavy (non-hydrogen) atoms. The molecule has 0 bridgehead atoms. The third kappa shape index (κ3) is 2.66. The predicted molar refractivity (Wildman–Crippen MR) is 86.8 cm³/mol. The number of carbonyl (C=O) groups is 1. The average Bonchev–Trinajstić information content (AvgIpc) is 2.90. The first-order valence-electron chi connectivity index (χ1n) is 6.47. The maximum Gasteiger partial charge on any atom is 0.336 e. The van der Waals surface area contributed by atoms with Crippen LogP contribution in [-0.4, -0.2) is 27.3 Å². The lowest BCUT2D eigenvalue weighted by Gasteiger charge is -2.02. The topological polar surface area (TPSA) is 87.5 Å². The van der Waals surface area contributed by atoms with Crippen LogP contribution in [0.5, 0.6) is 0 Å². The highest BCUT2D eigenvalue weighted by Crippen LogP contribution is 2.28. The highest BCUT2D eigenvalue weighted by atomic mass is 32.1. The molecule has 110 valence electrons. The maximum absolute atomic E-state index is 11.1. The molecule has 0 fully saturated rings. The molecule has 6 nitrogen and oxygen atoms in total. The second-order valence-corrected chi connectivity index (χ2v) is 5.46. The van der Waals surface area contributed by atoms with E-state index in [1.165, 1.54) is 29.9 Å². The number of carboxylic acid groups (broad SMARTS) is 1. The standard InChI is InChI=1S/C15H12N4O2S/c1-9-7-22-13-12(9)16-8-17-14(13)19-18-6-10-4-2-3-5-11(10)15(20)21/h2-8H,1H3,(H,20,21)(H,16,17,19). The molecule has 0 spiro atoms. The molecular weight excluding hydrogens is 300 g/mol. The average molecular weight is 312 g/mol. The number of aromatic nitrogens is 2.